The third-order valence-corrected chi connectivity index (χ3v) is 8.37. The van der Waals surface area contributed by atoms with Crippen LogP contribution in [0.1, 0.15) is 40.3 Å². The minimum atomic E-state index is -1.71. The predicted octanol–water partition coefficient (Wildman–Crippen LogP) is 3.29. The molecule has 0 saturated carbocycles. The second-order valence-electron chi connectivity index (χ2n) is 7.14. The lowest BCUT2D eigenvalue weighted by Gasteiger charge is -2.38. The zero-order valence-corrected chi connectivity index (χ0v) is 13.7. The molecule has 0 radical (unpaired) electrons. The van der Waals surface area contributed by atoms with Gasteiger partial charge in [0.2, 0.25) is 0 Å². The van der Waals surface area contributed by atoms with Crippen molar-refractivity contribution in [2.75, 3.05) is 12.3 Å². The van der Waals surface area contributed by atoms with E-state index in [1.54, 1.807) is 0 Å². The van der Waals surface area contributed by atoms with Crippen LogP contribution in [0.15, 0.2) is 6.07 Å². The molecule has 1 rings (SSSR count). The first-order valence-corrected chi connectivity index (χ1v) is 9.32. The van der Waals surface area contributed by atoms with Crippen molar-refractivity contribution < 1.29 is 4.43 Å². The fourth-order valence-electron chi connectivity index (χ4n) is 1.33. The maximum Gasteiger partial charge on any atom is 0.192 e. The molecule has 0 bridgehead atoms. The highest BCUT2D eigenvalue weighted by molar-refractivity contribution is 6.74. The van der Waals surface area contributed by atoms with Crippen molar-refractivity contribution in [3.8, 4) is 0 Å². The fourth-order valence-corrected chi connectivity index (χ4v) is 2.49. The van der Waals surface area contributed by atoms with Crippen molar-refractivity contribution in [2.45, 2.75) is 58.2 Å². The lowest BCUT2D eigenvalue weighted by molar-refractivity contribution is 0.217. The molecule has 0 saturated heterocycles. The van der Waals surface area contributed by atoms with E-state index in [-0.39, 0.29) is 10.5 Å². The summed E-state index contributed by atoms with van der Waals surface area (Å²) in [6.07, 6.45) is 0. The van der Waals surface area contributed by atoms with Crippen LogP contribution in [0.5, 0.6) is 0 Å². The Labute approximate surface area is 111 Å². The molecule has 0 fully saturated rings. The molecule has 0 unspecified atom stereocenters. The third kappa shape index (κ3) is 3.35. The van der Waals surface area contributed by atoms with Crippen LogP contribution in [0.4, 0.5) is 5.82 Å². The van der Waals surface area contributed by atoms with Crippen LogP contribution in [-0.4, -0.2) is 25.1 Å². The number of nitrogens with zero attached hydrogens (tertiary/aromatic N) is 1. The second-order valence-corrected chi connectivity index (χ2v) is 12.0. The molecule has 0 aliphatic rings. The summed E-state index contributed by atoms with van der Waals surface area (Å²) < 4.78 is 6.27. The molecule has 1 aromatic heterocycles. The lowest BCUT2D eigenvalue weighted by atomic mass is 9.91. The van der Waals surface area contributed by atoms with Gasteiger partial charge in [-0.25, -0.2) is 0 Å². The van der Waals surface area contributed by atoms with Crippen molar-refractivity contribution in [3.05, 3.63) is 11.8 Å². The van der Waals surface area contributed by atoms with Crippen LogP contribution in [0.2, 0.25) is 18.1 Å². The molecule has 1 heterocycles. The van der Waals surface area contributed by atoms with Crippen LogP contribution in [-0.2, 0) is 9.84 Å². The van der Waals surface area contributed by atoms with Gasteiger partial charge in [-0.15, -0.1) is 0 Å². The number of anilines is 1. The standard InChI is InChI=1S/C13H27N3OSi/c1-12(2,3)18(6,7)17-9-13(4,5)10-8-11(14)16-15-10/h8H,9H2,1-7H3,(H3,14,15,16). The second kappa shape index (κ2) is 4.70. The molecule has 0 spiro atoms. The van der Waals surface area contributed by atoms with Gasteiger partial charge in [-0.05, 0) is 18.1 Å². The zero-order chi connectivity index (χ0) is 14.2. The Morgan fingerprint density at radius 1 is 1.28 bits per heavy atom. The van der Waals surface area contributed by atoms with E-state index in [2.05, 4.69) is 57.9 Å². The summed E-state index contributed by atoms with van der Waals surface area (Å²) in [6, 6.07) is 1.88. The first-order valence-electron chi connectivity index (χ1n) is 6.41. The van der Waals surface area contributed by atoms with Crippen molar-refractivity contribution in [1.82, 2.24) is 10.2 Å². The Balaban J connectivity index is 2.74. The maximum absolute atomic E-state index is 6.27. The number of H-pyrrole nitrogens is 1. The van der Waals surface area contributed by atoms with Crippen LogP contribution >= 0.6 is 0 Å². The SMILES string of the molecule is CC(C)(CO[Si](C)(C)C(C)(C)C)c1cc(N)[nH]n1. The predicted molar refractivity (Wildman–Crippen MR) is 79.2 cm³/mol. The van der Waals surface area contributed by atoms with E-state index < -0.39 is 8.32 Å². The Morgan fingerprint density at radius 2 is 1.83 bits per heavy atom. The molecule has 104 valence electrons. The van der Waals surface area contributed by atoms with Gasteiger partial charge in [0.05, 0.1) is 5.69 Å². The molecule has 0 aliphatic heterocycles. The molecule has 0 amide bonds. The first-order chi connectivity index (χ1) is 7.96. The highest BCUT2D eigenvalue weighted by Gasteiger charge is 2.39. The van der Waals surface area contributed by atoms with Crippen LogP contribution in [0.25, 0.3) is 0 Å². The summed E-state index contributed by atoms with van der Waals surface area (Å²) in [6.45, 7) is 16.2. The minimum Gasteiger partial charge on any atom is -0.416 e. The van der Waals surface area contributed by atoms with E-state index in [1.165, 1.54) is 0 Å². The van der Waals surface area contributed by atoms with Gasteiger partial charge in [0.1, 0.15) is 5.82 Å². The number of nitrogens with two attached hydrogens (primary N) is 1. The molecule has 18 heavy (non-hydrogen) atoms. The normalized spacial score (nSPS) is 13.9. The average molecular weight is 269 g/mol. The summed E-state index contributed by atoms with van der Waals surface area (Å²) in [4.78, 5) is 0. The van der Waals surface area contributed by atoms with Crippen molar-refractivity contribution >= 4 is 14.1 Å². The fraction of sp³-hybridized carbons (Fsp3) is 0.769. The molecule has 5 heteroatoms. The van der Waals surface area contributed by atoms with E-state index in [4.69, 9.17) is 10.2 Å². The Hall–Kier alpha value is -0.813. The van der Waals surface area contributed by atoms with Gasteiger partial charge in [0.25, 0.3) is 0 Å². The monoisotopic (exact) mass is 269 g/mol. The van der Waals surface area contributed by atoms with Gasteiger partial charge < -0.3 is 10.2 Å². The Kier molecular flexibility index (Phi) is 3.98. The summed E-state index contributed by atoms with van der Waals surface area (Å²) in [5.41, 5.74) is 6.51. The van der Waals surface area contributed by atoms with Crippen molar-refractivity contribution in [3.63, 3.8) is 0 Å². The largest absolute Gasteiger partial charge is 0.416 e. The highest BCUT2D eigenvalue weighted by atomic mass is 28.4. The zero-order valence-electron chi connectivity index (χ0n) is 12.7. The van der Waals surface area contributed by atoms with Gasteiger partial charge in [0, 0.05) is 18.1 Å². The number of nitrogen functional groups attached to an aromatic ring is 1. The maximum atomic E-state index is 6.27. The molecular formula is C13H27N3OSi. The molecule has 0 aromatic carbocycles. The number of aromatic amines is 1. The summed E-state index contributed by atoms with van der Waals surface area (Å²) in [5, 5.41) is 7.25. The van der Waals surface area contributed by atoms with Crippen LogP contribution in [0.3, 0.4) is 0 Å². The highest BCUT2D eigenvalue weighted by Crippen LogP contribution is 2.37. The molecule has 4 nitrogen and oxygen atoms in total. The van der Waals surface area contributed by atoms with E-state index >= 15 is 0 Å². The summed E-state index contributed by atoms with van der Waals surface area (Å²) >= 11 is 0. The Bertz CT molecular complexity index is 405. The Morgan fingerprint density at radius 3 is 2.22 bits per heavy atom. The van der Waals surface area contributed by atoms with Crippen molar-refractivity contribution in [1.29, 1.82) is 0 Å². The minimum absolute atomic E-state index is 0.121. The average Bonchev–Trinajstić information content (AvgIpc) is 2.61. The van der Waals surface area contributed by atoms with Gasteiger partial charge in [-0.2, -0.15) is 5.10 Å². The number of hydrogen-bond donors (Lipinski definition) is 2. The van der Waals surface area contributed by atoms with Crippen LogP contribution in [0, 0.1) is 0 Å². The van der Waals surface area contributed by atoms with Gasteiger partial charge in [-0.3, -0.25) is 5.10 Å². The lowest BCUT2D eigenvalue weighted by Crippen LogP contribution is -2.44. The van der Waals surface area contributed by atoms with E-state index in [9.17, 15) is 0 Å². The van der Waals surface area contributed by atoms with Gasteiger partial charge in [0.15, 0.2) is 8.32 Å². The molecule has 1 aromatic rings. The number of rotatable bonds is 4. The quantitative estimate of drug-likeness (QED) is 0.824. The third-order valence-electron chi connectivity index (χ3n) is 3.89. The first kappa shape index (κ1) is 15.2. The van der Waals surface area contributed by atoms with Gasteiger partial charge in [-0.1, -0.05) is 34.6 Å². The van der Waals surface area contributed by atoms with Crippen LogP contribution < -0.4 is 5.73 Å². The molecular weight excluding hydrogens is 242 g/mol. The van der Waals surface area contributed by atoms with Gasteiger partial charge >= 0.3 is 0 Å². The molecule has 3 N–H and O–H groups in total. The van der Waals surface area contributed by atoms with Crippen molar-refractivity contribution in [2.24, 2.45) is 0 Å². The number of nitrogens with one attached hydrogen (secondary N) is 1. The number of hydrogen-bond acceptors (Lipinski definition) is 3. The smallest absolute Gasteiger partial charge is 0.192 e. The van der Waals surface area contributed by atoms with E-state index in [1.807, 2.05) is 6.07 Å². The molecule has 0 aliphatic carbocycles. The summed E-state index contributed by atoms with van der Waals surface area (Å²) in [7, 11) is -1.71. The van der Waals surface area contributed by atoms with E-state index in [0.29, 0.717) is 12.4 Å². The van der Waals surface area contributed by atoms with E-state index in [0.717, 1.165) is 5.69 Å². The number of aromatic nitrogens is 2. The topological polar surface area (TPSA) is 63.9 Å². The summed E-state index contributed by atoms with van der Waals surface area (Å²) in [5.74, 6) is 0.602. The molecule has 0 atom stereocenters.